The van der Waals surface area contributed by atoms with Crippen molar-refractivity contribution in [1.29, 1.82) is 0 Å². The molecule has 0 saturated carbocycles. The first-order chi connectivity index (χ1) is 19.8. The fraction of sp³-hybridized carbons (Fsp3) is 0.194. The van der Waals surface area contributed by atoms with Crippen LogP contribution in [0.5, 0.6) is 34.5 Å². The molecular formula is C31H30F2N2O6. The Kier molecular flexibility index (Phi) is 9.13. The average molecular weight is 565 g/mol. The molecule has 0 fully saturated rings. The van der Waals surface area contributed by atoms with Crippen LogP contribution in [0.4, 0.5) is 8.78 Å². The summed E-state index contributed by atoms with van der Waals surface area (Å²) in [6, 6.07) is 12.2. The van der Waals surface area contributed by atoms with Crippen molar-refractivity contribution in [3.05, 3.63) is 82.7 Å². The number of aromatic nitrogens is 2. The molecule has 0 spiro atoms. The van der Waals surface area contributed by atoms with E-state index in [2.05, 4.69) is 5.10 Å². The van der Waals surface area contributed by atoms with Crippen LogP contribution in [0.1, 0.15) is 22.5 Å². The Balaban J connectivity index is 1.77. The Bertz CT molecular complexity index is 1530. The van der Waals surface area contributed by atoms with Crippen molar-refractivity contribution in [2.45, 2.75) is 0 Å². The molecule has 0 radical (unpaired) electrons. The fourth-order valence-corrected chi connectivity index (χ4v) is 4.24. The summed E-state index contributed by atoms with van der Waals surface area (Å²) in [6.45, 7) is 0. The SMILES string of the molecule is COc1cc(/C=C/c2cc(/C=C/c3cc(OC)c(OC)c(OC)c3)n(-c3cc(F)cc(F)c3)n2)cc(OC)c1OC. The quantitative estimate of drug-likeness (QED) is 0.205. The third-order valence-corrected chi connectivity index (χ3v) is 6.11. The minimum absolute atomic E-state index is 0.222. The smallest absolute Gasteiger partial charge is 0.203 e. The van der Waals surface area contributed by atoms with Crippen molar-refractivity contribution in [3.8, 4) is 40.2 Å². The Morgan fingerprint density at radius 3 is 1.39 bits per heavy atom. The van der Waals surface area contributed by atoms with Gasteiger partial charge in [0.2, 0.25) is 11.5 Å². The van der Waals surface area contributed by atoms with E-state index in [1.165, 1.54) is 59.5 Å². The van der Waals surface area contributed by atoms with Gasteiger partial charge in [0.25, 0.3) is 0 Å². The second-order valence-corrected chi connectivity index (χ2v) is 8.62. The molecule has 1 heterocycles. The van der Waals surface area contributed by atoms with E-state index in [-0.39, 0.29) is 5.69 Å². The van der Waals surface area contributed by atoms with Gasteiger partial charge in [-0.15, -0.1) is 0 Å². The van der Waals surface area contributed by atoms with E-state index in [1.807, 2.05) is 6.08 Å². The lowest BCUT2D eigenvalue weighted by atomic mass is 10.1. The summed E-state index contributed by atoms with van der Waals surface area (Å²) >= 11 is 0. The number of halogens is 2. The van der Waals surface area contributed by atoms with Crippen molar-refractivity contribution >= 4 is 24.3 Å². The number of ether oxygens (including phenoxy) is 6. The molecule has 0 unspecified atom stereocenters. The predicted octanol–water partition coefficient (Wildman–Crippen LogP) is 6.54. The van der Waals surface area contributed by atoms with E-state index < -0.39 is 11.6 Å². The molecule has 0 aliphatic heterocycles. The van der Waals surface area contributed by atoms with Crippen LogP contribution in [-0.4, -0.2) is 52.4 Å². The summed E-state index contributed by atoms with van der Waals surface area (Å²) in [7, 11) is 9.20. The van der Waals surface area contributed by atoms with Gasteiger partial charge in [0.05, 0.1) is 59.7 Å². The molecule has 41 heavy (non-hydrogen) atoms. The minimum atomic E-state index is -0.718. The second-order valence-electron chi connectivity index (χ2n) is 8.62. The molecule has 1 aromatic heterocycles. The van der Waals surface area contributed by atoms with Gasteiger partial charge in [-0.2, -0.15) is 5.10 Å². The van der Waals surface area contributed by atoms with Crippen molar-refractivity contribution < 1.29 is 37.2 Å². The van der Waals surface area contributed by atoms with Crippen LogP contribution in [-0.2, 0) is 0 Å². The van der Waals surface area contributed by atoms with Crippen LogP contribution in [0.15, 0.2) is 48.5 Å². The Labute approximate surface area is 236 Å². The summed E-state index contributed by atoms with van der Waals surface area (Å²) in [5.74, 6) is 1.48. The molecule has 3 aromatic carbocycles. The van der Waals surface area contributed by atoms with Crippen molar-refractivity contribution in [3.63, 3.8) is 0 Å². The Morgan fingerprint density at radius 1 is 0.537 bits per heavy atom. The molecule has 4 rings (SSSR count). The topological polar surface area (TPSA) is 73.2 Å². The molecular weight excluding hydrogens is 534 g/mol. The summed E-state index contributed by atoms with van der Waals surface area (Å²) < 4.78 is 62.2. The third-order valence-electron chi connectivity index (χ3n) is 6.11. The van der Waals surface area contributed by atoms with Gasteiger partial charge in [-0.25, -0.2) is 13.5 Å². The number of methoxy groups -OCH3 is 6. The molecule has 0 saturated heterocycles. The normalized spacial score (nSPS) is 11.2. The monoisotopic (exact) mass is 564 g/mol. The Hall–Kier alpha value is -4.99. The molecule has 0 atom stereocenters. The van der Waals surface area contributed by atoms with E-state index in [9.17, 15) is 8.78 Å². The highest BCUT2D eigenvalue weighted by Gasteiger charge is 2.14. The number of hydrogen-bond donors (Lipinski definition) is 0. The van der Waals surface area contributed by atoms with Gasteiger partial charge in [-0.1, -0.05) is 12.2 Å². The first-order valence-corrected chi connectivity index (χ1v) is 12.4. The molecule has 4 aromatic rings. The highest BCUT2D eigenvalue weighted by molar-refractivity contribution is 5.76. The zero-order valence-corrected chi connectivity index (χ0v) is 23.5. The first-order valence-electron chi connectivity index (χ1n) is 12.4. The molecule has 10 heteroatoms. The van der Waals surface area contributed by atoms with Gasteiger partial charge in [-0.3, -0.25) is 0 Å². The summed E-state index contributed by atoms with van der Waals surface area (Å²) in [5, 5.41) is 4.59. The predicted molar refractivity (Wildman–Crippen MR) is 154 cm³/mol. The number of benzene rings is 3. The van der Waals surface area contributed by atoms with Crippen molar-refractivity contribution in [2.75, 3.05) is 42.7 Å². The molecule has 0 bridgehead atoms. The van der Waals surface area contributed by atoms with Crippen LogP contribution in [0.25, 0.3) is 30.0 Å². The van der Waals surface area contributed by atoms with E-state index in [1.54, 1.807) is 48.6 Å². The lowest BCUT2D eigenvalue weighted by molar-refractivity contribution is 0.324. The van der Waals surface area contributed by atoms with E-state index in [0.29, 0.717) is 45.9 Å². The lowest BCUT2D eigenvalue weighted by Crippen LogP contribution is -2.00. The Morgan fingerprint density at radius 2 is 0.976 bits per heavy atom. The van der Waals surface area contributed by atoms with E-state index in [0.717, 1.165) is 17.2 Å². The zero-order valence-electron chi connectivity index (χ0n) is 23.5. The molecule has 0 aliphatic rings. The molecule has 214 valence electrons. The lowest BCUT2D eigenvalue weighted by Gasteiger charge is -2.12. The van der Waals surface area contributed by atoms with Crippen LogP contribution in [0.2, 0.25) is 0 Å². The van der Waals surface area contributed by atoms with Crippen LogP contribution in [0.3, 0.4) is 0 Å². The maximum absolute atomic E-state index is 14.1. The van der Waals surface area contributed by atoms with Gasteiger partial charge in [0, 0.05) is 6.07 Å². The van der Waals surface area contributed by atoms with Gasteiger partial charge < -0.3 is 28.4 Å². The molecule has 0 amide bonds. The minimum Gasteiger partial charge on any atom is -0.493 e. The van der Waals surface area contributed by atoms with Gasteiger partial charge in [0.1, 0.15) is 11.6 Å². The summed E-state index contributed by atoms with van der Waals surface area (Å²) in [4.78, 5) is 0. The van der Waals surface area contributed by atoms with Crippen molar-refractivity contribution in [2.24, 2.45) is 0 Å². The fourth-order valence-electron chi connectivity index (χ4n) is 4.24. The maximum atomic E-state index is 14.1. The van der Waals surface area contributed by atoms with Crippen LogP contribution in [0, 0.1) is 11.6 Å². The standard InChI is InChI=1S/C31H30F2N2O6/c1-36-26-11-19(12-27(37-2)30(26)40-5)7-9-23-18-24(35(34-23)25-16-21(32)15-22(33)17-25)10-8-20-13-28(38-3)31(41-6)29(14-20)39-4/h7-18H,1-6H3/b9-7+,10-8+. The van der Waals surface area contributed by atoms with E-state index >= 15 is 0 Å². The highest BCUT2D eigenvalue weighted by Crippen LogP contribution is 2.39. The summed E-state index contributed by atoms with van der Waals surface area (Å²) in [5.41, 5.74) is 2.83. The van der Waals surface area contributed by atoms with Crippen LogP contribution >= 0.6 is 0 Å². The molecule has 0 N–H and O–H groups in total. The zero-order chi connectivity index (χ0) is 29.5. The largest absolute Gasteiger partial charge is 0.493 e. The van der Waals surface area contributed by atoms with Gasteiger partial charge >= 0.3 is 0 Å². The van der Waals surface area contributed by atoms with Crippen LogP contribution < -0.4 is 28.4 Å². The molecule has 0 aliphatic carbocycles. The van der Waals surface area contributed by atoms with Gasteiger partial charge in [-0.05, 0) is 65.7 Å². The maximum Gasteiger partial charge on any atom is 0.203 e. The first kappa shape index (κ1) is 29.0. The number of nitrogens with zero attached hydrogens (tertiary/aromatic N) is 2. The average Bonchev–Trinajstić information content (AvgIpc) is 3.40. The van der Waals surface area contributed by atoms with Crippen molar-refractivity contribution in [1.82, 2.24) is 9.78 Å². The van der Waals surface area contributed by atoms with Gasteiger partial charge in [0.15, 0.2) is 23.0 Å². The number of hydrogen-bond acceptors (Lipinski definition) is 7. The highest BCUT2D eigenvalue weighted by atomic mass is 19.1. The number of rotatable bonds is 11. The second kappa shape index (κ2) is 12.9. The van der Waals surface area contributed by atoms with E-state index in [4.69, 9.17) is 28.4 Å². The summed E-state index contributed by atoms with van der Waals surface area (Å²) in [6.07, 6.45) is 7.16. The molecule has 8 nitrogen and oxygen atoms in total. The third kappa shape index (κ3) is 6.43.